The number of rotatable bonds is 4. The first-order valence-corrected chi connectivity index (χ1v) is 6.70. The molecule has 0 spiro atoms. The van der Waals surface area contributed by atoms with Crippen LogP contribution in [0.3, 0.4) is 0 Å². The van der Waals surface area contributed by atoms with Gasteiger partial charge >= 0.3 is 5.97 Å². The lowest BCUT2D eigenvalue weighted by molar-refractivity contribution is -0.159. The van der Waals surface area contributed by atoms with Crippen molar-refractivity contribution >= 4 is 5.97 Å². The molecule has 1 saturated heterocycles. The number of benzene rings is 1. The maximum Gasteiger partial charge on any atom is 0.341 e. The van der Waals surface area contributed by atoms with Gasteiger partial charge in [-0.15, -0.1) is 0 Å². The van der Waals surface area contributed by atoms with E-state index < -0.39 is 5.60 Å². The first-order valence-electron chi connectivity index (χ1n) is 6.70. The molecule has 2 unspecified atom stereocenters. The Hall–Kier alpha value is -1.35. The molecule has 1 aliphatic heterocycles. The summed E-state index contributed by atoms with van der Waals surface area (Å²) in [6.45, 7) is 1.98. The van der Waals surface area contributed by atoms with Crippen LogP contribution in [0.4, 0.5) is 0 Å². The predicted molar refractivity (Wildman–Crippen MR) is 67.0 cm³/mol. The molecule has 2 fully saturated rings. The molecular formula is C15H18O3. The zero-order chi connectivity index (χ0) is 12.6. The van der Waals surface area contributed by atoms with E-state index in [9.17, 15) is 4.79 Å². The molecule has 3 rings (SSSR count). The Labute approximate surface area is 107 Å². The molecule has 0 bridgehead atoms. The van der Waals surface area contributed by atoms with Gasteiger partial charge in [-0.2, -0.15) is 0 Å². The molecule has 96 valence electrons. The van der Waals surface area contributed by atoms with Gasteiger partial charge in [0.05, 0.1) is 0 Å². The number of hydrogen-bond acceptors (Lipinski definition) is 3. The molecule has 2 aliphatic rings. The number of esters is 1. The van der Waals surface area contributed by atoms with E-state index in [1.165, 1.54) is 6.42 Å². The van der Waals surface area contributed by atoms with Crippen molar-refractivity contribution in [3.05, 3.63) is 35.9 Å². The van der Waals surface area contributed by atoms with Crippen LogP contribution in [0.1, 0.15) is 44.3 Å². The van der Waals surface area contributed by atoms with E-state index in [4.69, 9.17) is 9.47 Å². The highest BCUT2D eigenvalue weighted by Crippen LogP contribution is 2.53. The van der Waals surface area contributed by atoms with Crippen molar-refractivity contribution in [3.63, 3.8) is 0 Å². The average Bonchev–Trinajstić information content (AvgIpc) is 3.11. The van der Waals surface area contributed by atoms with E-state index in [1.807, 2.05) is 37.3 Å². The molecule has 2 atom stereocenters. The van der Waals surface area contributed by atoms with Crippen molar-refractivity contribution in [1.82, 2.24) is 0 Å². The van der Waals surface area contributed by atoms with E-state index in [0.717, 1.165) is 18.4 Å². The molecule has 3 heteroatoms. The van der Waals surface area contributed by atoms with Crippen LogP contribution < -0.4 is 0 Å². The molecule has 1 heterocycles. The van der Waals surface area contributed by atoms with Crippen LogP contribution in [0.15, 0.2) is 30.3 Å². The van der Waals surface area contributed by atoms with Crippen LogP contribution in [0, 0.1) is 0 Å². The summed E-state index contributed by atoms with van der Waals surface area (Å²) in [6, 6.07) is 9.90. The lowest BCUT2D eigenvalue weighted by atomic mass is 9.94. The summed E-state index contributed by atoms with van der Waals surface area (Å²) in [6.07, 6.45) is 3.83. The third kappa shape index (κ3) is 1.83. The van der Waals surface area contributed by atoms with Crippen molar-refractivity contribution in [2.75, 3.05) is 0 Å². The molecule has 0 aromatic heterocycles. The Morgan fingerprint density at radius 3 is 2.67 bits per heavy atom. The second kappa shape index (κ2) is 4.39. The van der Waals surface area contributed by atoms with Crippen LogP contribution in [0.25, 0.3) is 0 Å². The van der Waals surface area contributed by atoms with Crippen molar-refractivity contribution in [2.24, 2.45) is 0 Å². The fourth-order valence-corrected chi connectivity index (χ4v) is 2.45. The first kappa shape index (κ1) is 11.7. The highest BCUT2D eigenvalue weighted by Gasteiger charge is 2.63. The molecule has 18 heavy (non-hydrogen) atoms. The van der Waals surface area contributed by atoms with Crippen molar-refractivity contribution < 1.29 is 14.3 Å². The molecular weight excluding hydrogens is 228 g/mol. The molecule has 3 nitrogen and oxygen atoms in total. The van der Waals surface area contributed by atoms with Crippen LogP contribution in [0.5, 0.6) is 0 Å². The molecule has 1 saturated carbocycles. The van der Waals surface area contributed by atoms with Crippen LogP contribution in [-0.4, -0.2) is 17.7 Å². The molecule has 1 aliphatic carbocycles. The number of hydrogen-bond donors (Lipinski definition) is 0. The van der Waals surface area contributed by atoms with Gasteiger partial charge in [0.2, 0.25) is 0 Å². The van der Waals surface area contributed by atoms with Gasteiger partial charge in [-0.25, -0.2) is 4.79 Å². The Morgan fingerprint density at radius 2 is 2.11 bits per heavy atom. The summed E-state index contributed by atoms with van der Waals surface area (Å²) in [7, 11) is 0. The van der Waals surface area contributed by atoms with Crippen LogP contribution >= 0.6 is 0 Å². The third-order valence-corrected chi connectivity index (χ3v) is 3.99. The lowest BCUT2D eigenvalue weighted by Gasteiger charge is -2.26. The number of epoxide rings is 1. The van der Waals surface area contributed by atoms with E-state index in [-0.39, 0.29) is 18.2 Å². The number of ether oxygens (including phenoxy) is 2. The van der Waals surface area contributed by atoms with Gasteiger partial charge in [0.15, 0.2) is 5.60 Å². The topological polar surface area (TPSA) is 38.8 Å². The smallest absolute Gasteiger partial charge is 0.341 e. The normalized spacial score (nSPS) is 30.6. The molecule has 1 aromatic rings. The van der Waals surface area contributed by atoms with E-state index in [1.54, 1.807) is 0 Å². The van der Waals surface area contributed by atoms with Gasteiger partial charge in [0, 0.05) is 0 Å². The van der Waals surface area contributed by atoms with Gasteiger partial charge in [-0.3, -0.25) is 0 Å². The monoisotopic (exact) mass is 246 g/mol. The van der Waals surface area contributed by atoms with Crippen LogP contribution in [0.2, 0.25) is 0 Å². The van der Waals surface area contributed by atoms with Crippen LogP contribution in [-0.2, 0) is 14.3 Å². The summed E-state index contributed by atoms with van der Waals surface area (Å²) < 4.78 is 11.2. The average molecular weight is 246 g/mol. The van der Waals surface area contributed by atoms with Gasteiger partial charge in [-0.05, 0) is 31.2 Å². The standard InChI is InChI=1S/C15H18O3/c1-2-15(14(16)17-12-9-6-10-12)13(18-15)11-7-4-3-5-8-11/h3-5,7-8,12-13H,2,6,9-10H2,1H3. The SMILES string of the molecule is CCC1(C(=O)OC2CCC2)OC1c1ccccc1. The third-order valence-electron chi connectivity index (χ3n) is 3.99. The summed E-state index contributed by atoms with van der Waals surface area (Å²) in [5, 5.41) is 0. The summed E-state index contributed by atoms with van der Waals surface area (Å²) in [5.41, 5.74) is 0.335. The van der Waals surface area contributed by atoms with Gasteiger partial charge < -0.3 is 9.47 Å². The Kier molecular flexibility index (Phi) is 2.86. The maximum absolute atomic E-state index is 12.2. The highest BCUT2D eigenvalue weighted by molar-refractivity contribution is 5.84. The fraction of sp³-hybridized carbons (Fsp3) is 0.533. The highest BCUT2D eigenvalue weighted by atomic mass is 16.7. The Balaban J connectivity index is 1.71. The zero-order valence-electron chi connectivity index (χ0n) is 10.6. The first-order chi connectivity index (χ1) is 8.76. The summed E-state index contributed by atoms with van der Waals surface area (Å²) in [5.74, 6) is -0.177. The quantitative estimate of drug-likeness (QED) is 0.605. The minimum Gasteiger partial charge on any atom is -0.460 e. The van der Waals surface area contributed by atoms with Gasteiger partial charge in [0.1, 0.15) is 12.2 Å². The Morgan fingerprint density at radius 1 is 1.39 bits per heavy atom. The second-order valence-electron chi connectivity index (χ2n) is 5.11. The minimum atomic E-state index is -0.725. The molecule has 0 N–H and O–H groups in total. The van der Waals surface area contributed by atoms with E-state index >= 15 is 0 Å². The zero-order valence-corrected chi connectivity index (χ0v) is 10.6. The van der Waals surface area contributed by atoms with Gasteiger partial charge in [0.25, 0.3) is 0 Å². The Bertz CT molecular complexity index is 438. The van der Waals surface area contributed by atoms with E-state index in [0.29, 0.717) is 6.42 Å². The van der Waals surface area contributed by atoms with Crippen molar-refractivity contribution in [2.45, 2.75) is 50.4 Å². The second-order valence-corrected chi connectivity index (χ2v) is 5.11. The molecule has 0 amide bonds. The maximum atomic E-state index is 12.2. The number of carbonyl (C=O) groups excluding carboxylic acids is 1. The summed E-state index contributed by atoms with van der Waals surface area (Å²) in [4.78, 5) is 12.2. The molecule has 1 aromatic carbocycles. The van der Waals surface area contributed by atoms with Gasteiger partial charge in [-0.1, -0.05) is 37.3 Å². The fourth-order valence-electron chi connectivity index (χ4n) is 2.45. The minimum absolute atomic E-state index is 0.126. The van der Waals surface area contributed by atoms with E-state index in [2.05, 4.69) is 0 Å². The predicted octanol–water partition coefficient (Wildman–Crippen LogP) is 3.00. The molecule has 0 radical (unpaired) electrons. The summed E-state index contributed by atoms with van der Waals surface area (Å²) >= 11 is 0. The number of carbonyl (C=O) groups is 1. The largest absolute Gasteiger partial charge is 0.460 e. The lowest BCUT2D eigenvalue weighted by Crippen LogP contribution is -2.34. The van der Waals surface area contributed by atoms with Crippen molar-refractivity contribution in [1.29, 1.82) is 0 Å². The van der Waals surface area contributed by atoms with Crippen molar-refractivity contribution in [3.8, 4) is 0 Å².